The van der Waals surface area contributed by atoms with Crippen LogP contribution in [0.3, 0.4) is 0 Å². The molecule has 0 saturated carbocycles. The van der Waals surface area contributed by atoms with Gasteiger partial charge in [-0.25, -0.2) is 9.48 Å². The van der Waals surface area contributed by atoms with Crippen LogP contribution in [0.1, 0.15) is 35.0 Å². The van der Waals surface area contributed by atoms with Gasteiger partial charge in [-0.05, 0) is 37.3 Å². The average Bonchev–Trinajstić information content (AvgIpc) is 3.09. The fraction of sp³-hybridized carbons (Fsp3) is 0.227. The third-order valence-electron chi connectivity index (χ3n) is 4.63. The van der Waals surface area contributed by atoms with Gasteiger partial charge in [0.1, 0.15) is 17.3 Å². The first-order valence-electron chi connectivity index (χ1n) is 9.86. The molecule has 33 heavy (non-hydrogen) atoms. The summed E-state index contributed by atoms with van der Waals surface area (Å²) < 4.78 is 44.0. The molecule has 1 heterocycles. The molecule has 7 nitrogen and oxygen atoms in total. The molecule has 2 amide bonds. The van der Waals surface area contributed by atoms with Gasteiger partial charge in [-0.1, -0.05) is 41.1 Å². The molecular weight excluding hydrogens is 505 g/mol. The summed E-state index contributed by atoms with van der Waals surface area (Å²) in [7, 11) is 0. The number of hydrogen-bond acceptors (Lipinski definition) is 4. The number of hydrogen-bond donors (Lipinski definition) is 2. The predicted molar refractivity (Wildman–Crippen MR) is 120 cm³/mol. The summed E-state index contributed by atoms with van der Waals surface area (Å²) in [6, 6.07) is 12.2. The van der Waals surface area contributed by atoms with Crippen molar-refractivity contribution in [2.75, 3.05) is 5.32 Å². The molecule has 174 valence electrons. The normalized spacial score (nSPS) is 11.2. The number of rotatable bonds is 7. The number of nitrogens with zero attached hydrogens (tertiary/aromatic N) is 2. The highest BCUT2D eigenvalue weighted by Crippen LogP contribution is 2.29. The maximum Gasteiger partial charge on any atom is 0.573 e. The van der Waals surface area contributed by atoms with Crippen molar-refractivity contribution >= 4 is 33.6 Å². The minimum atomic E-state index is -4.87. The van der Waals surface area contributed by atoms with E-state index >= 15 is 0 Å². The standard InChI is InChI=1S/C22H20BrF3N4O3/c1-3-17(31)19-13(2)20(30(29-19)16-7-5-4-6-8-16)28-21(32)27-12-14-11-15(23)9-10-18(14)33-22(24,25)26/h4-11H,3,12H2,1-2H3,(H2,27,28,32). The fourth-order valence-corrected chi connectivity index (χ4v) is 3.48. The molecule has 0 spiro atoms. The molecule has 2 aromatic carbocycles. The molecule has 0 bridgehead atoms. The van der Waals surface area contributed by atoms with Crippen LogP contribution >= 0.6 is 15.9 Å². The topological polar surface area (TPSA) is 85.2 Å². The number of urea groups is 1. The summed E-state index contributed by atoms with van der Waals surface area (Å²) in [4.78, 5) is 24.9. The Bertz CT molecular complexity index is 1160. The molecule has 3 rings (SSSR count). The van der Waals surface area contributed by atoms with E-state index in [0.29, 0.717) is 15.7 Å². The van der Waals surface area contributed by atoms with Gasteiger partial charge in [0.25, 0.3) is 0 Å². The molecule has 0 radical (unpaired) electrons. The summed E-state index contributed by atoms with van der Waals surface area (Å²) >= 11 is 3.20. The Kier molecular flexibility index (Phi) is 7.42. The van der Waals surface area contributed by atoms with Gasteiger partial charge in [0, 0.05) is 28.6 Å². The second-order valence-corrected chi connectivity index (χ2v) is 7.87. The summed E-state index contributed by atoms with van der Waals surface area (Å²) in [6.07, 6.45) is -4.63. The van der Waals surface area contributed by atoms with E-state index in [4.69, 9.17) is 0 Å². The number of halogens is 4. The summed E-state index contributed by atoms with van der Waals surface area (Å²) in [6.45, 7) is 3.13. The minimum absolute atomic E-state index is 0.118. The van der Waals surface area contributed by atoms with E-state index in [0.717, 1.165) is 6.07 Å². The number of benzene rings is 2. The lowest BCUT2D eigenvalue weighted by molar-refractivity contribution is -0.274. The lowest BCUT2D eigenvalue weighted by atomic mass is 10.1. The number of ether oxygens (including phenoxy) is 1. The van der Waals surface area contributed by atoms with E-state index in [1.54, 1.807) is 38.1 Å². The monoisotopic (exact) mass is 524 g/mol. The number of aromatic nitrogens is 2. The van der Waals surface area contributed by atoms with Crippen molar-refractivity contribution in [3.05, 3.63) is 69.8 Å². The van der Waals surface area contributed by atoms with Crippen molar-refractivity contribution < 1.29 is 27.5 Å². The van der Waals surface area contributed by atoms with Crippen molar-refractivity contribution in [3.63, 3.8) is 0 Å². The number of para-hydroxylation sites is 1. The van der Waals surface area contributed by atoms with Crippen LogP contribution in [0.25, 0.3) is 5.69 Å². The molecule has 11 heteroatoms. The zero-order valence-corrected chi connectivity index (χ0v) is 19.3. The maximum absolute atomic E-state index is 12.7. The quantitative estimate of drug-likeness (QED) is 0.385. The van der Waals surface area contributed by atoms with E-state index in [2.05, 4.69) is 36.4 Å². The van der Waals surface area contributed by atoms with Crippen LogP contribution in [-0.4, -0.2) is 28.0 Å². The van der Waals surface area contributed by atoms with Crippen molar-refractivity contribution in [1.29, 1.82) is 0 Å². The summed E-state index contributed by atoms with van der Waals surface area (Å²) in [5.74, 6) is -0.336. The summed E-state index contributed by atoms with van der Waals surface area (Å²) in [5, 5.41) is 9.53. The number of anilines is 1. The first kappa shape index (κ1) is 24.3. The van der Waals surface area contributed by atoms with Gasteiger partial charge >= 0.3 is 12.4 Å². The first-order chi connectivity index (χ1) is 15.6. The third-order valence-corrected chi connectivity index (χ3v) is 5.12. The van der Waals surface area contributed by atoms with Crippen LogP contribution in [0.5, 0.6) is 5.75 Å². The highest BCUT2D eigenvalue weighted by atomic mass is 79.9. The molecule has 0 unspecified atom stereocenters. The predicted octanol–water partition coefficient (Wildman–Crippen LogP) is 5.76. The maximum atomic E-state index is 12.7. The number of amides is 2. The molecule has 0 aliphatic rings. The number of ketones is 1. The van der Waals surface area contributed by atoms with E-state index in [1.165, 1.54) is 16.8 Å². The third kappa shape index (κ3) is 6.13. The Hall–Kier alpha value is -3.34. The Morgan fingerprint density at radius 2 is 1.85 bits per heavy atom. The zero-order valence-electron chi connectivity index (χ0n) is 17.7. The number of alkyl halides is 3. The molecule has 2 N–H and O–H groups in total. The molecular formula is C22H20BrF3N4O3. The number of carbonyl (C=O) groups is 2. The van der Waals surface area contributed by atoms with Crippen LogP contribution in [-0.2, 0) is 6.54 Å². The molecule has 0 aliphatic heterocycles. The van der Waals surface area contributed by atoms with Crippen LogP contribution in [0.15, 0.2) is 53.0 Å². The van der Waals surface area contributed by atoms with Crippen LogP contribution in [0, 0.1) is 6.92 Å². The Balaban J connectivity index is 1.83. The molecule has 0 saturated heterocycles. The SMILES string of the molecule is CCC(=O)c1nn(-c2ccccc2)c(NC(=O)NCc2cc(Br)ccc2OC(F)(F)F)c1C. The van der Waals surface area contributed by atoms with Crippen molar-refractivity contribution in [2.24, 2.45) is 0 Å². The van der Waals surface area contributed by atoms with Gasteiger partial charge in [0.2, 0.25) is 0 Å². The molecule has 0 fully saturated rings. The van der Waals surface area contributed by atoms with E-state index in [-0.39, 0.29) is 35.8 Å². The average molecular weight is 525 g/mol. The van der Waals surface area contributed by atoms with Crippen molar-refractivity contribution in [1.82, 2.24) is 15.1 Å². The smallest absolute Gasteiger partial charge is 0.405 e. The number of carbonyl (C=O) groups excluding carboxylic acids is 2. The number of Topliss-reactive ketones (excluding diaryl/α,β-unsaturated/α-hetero) is 1. The van der Waals surface area contributed by atoms with Gasteiger partial charge in [0.15, 0.2) is 5.78 Å². The molecule has 3 aromatic rings. The molecule has 0 aliphatic carbocycles. The highest BCUT2D eigenvalue weighted by molar-refractivity contribution is 9.10. The van der Waals surface area contributed by atoms with Crippen LogP contribution in [0.2, 0.25) is 0 Å². The largest absolute Gasteiger partial charge is 0.573 e. The van der Waals surface area contributed by atoms with E-state index < -0.39 is 18.1 Å². The van der Waals surface area contributed by atoms with Gasteiger partial charge < -0.3 is 10.1 Å². The number of nitrogens with one attached hydrogen (secondary N) is 2. The zero-order chi connectivity index (χ0) is 24.2. The molecule has 1 aromatic heterocycles. The second-order valence-electron chi connectivity index (χ2n) is 6.95. The minimum Gasteiger partial charge on any atom is -0.405 e. The fourth-order valence-electron chi connectivity index (χ4n) is 3.07. The summed E-state index contributed by atoms with van der Waals surface area (Å²) in [5.41, 5.74) is 1.44. The van der Waals surface area contributed by atoms with Gasteiger partial charge in [-0.2, -0.15) is 5.10 Å². The van der Waals surface area contributed by atoms with Gasteiger partial charge in [-0.3, -0.25) is 10.1 Å². The Labute approximate surface area is 196 Å². The first-order valence-corrected chi connectivity index (χ1v) is 10.7. The van der Waals surface area contributed by atoms with E-state index in [9.17, 15) is 22.8 Å². The van der Waals surface area contributed by atoms with E-state index in [1.807, 2.05) is 6.07 Å². The van der Waals surface area contributed by atoms with Crippen molar-refractivity contribution in [2.45, 2.75) is 33.2 Å². The van der Waals surface area contributed by atoms with Crippen molar-refractivity contribution in [3.8, 4) is 11.4 Å². The molecule has 0 atom stereocenters. The van der Waals surface area contributed by atoms with Gasteiger partial charge in [-0.15, -0.1) is 13.2 Å². The Morgan fingerprint density at radius 1 is 1.15 bits per heavy atom. The lowest BCUT2D eigenvalue weighted by Gasteiger charge is -2.15. The lowest BCUT2D eigenvalue weighted by Crippen LogP contribution is -2.30. The van der Waals surface area contributed by atoms with Crippen LogP contribution in [0.4, 0.5) is 23.8 Å². The highest BCUT2D eigenvalue weighted by Gasteiger charge is 2.32. The Morgan fingerprint density at radius 3 is 2.48 bits per heavy atom. The second kappa shape index (κ2) is 10.1. The van der Waals surface area contributed by atoms with Gasteiger partial charge in [0.05, 0.1) is 5.69 Å². The van der Waals surface area contributed by atoms with Crippen LogP contribution < -0.4 is 15.4 Å².